The van der Waals surface area contributed by atoms with Gasteiger partial charge in [-0.05, 0) is 26.0 Å². The van der Waals surface area contributed by atoms with Crippen molar-refractivity contribution in [3.05, 3.63) is 29.8 Å². The quantitative estimate of drug-likeness (QED) is 0.855. The fourth-order valence-corrected chi connectivity index (χ4v) is 1.82. The monoisotopic (exact) mass is 249 g/mol. The molecule has 5 nitrogen and oxygen atoms in total. The molecule has 1 fully saturated rings. The lowest BCUT2D eigenvalue weighted by atomic mass is 10.0. The van der Waals surface area contributed by atoms with E-state index in [0.29, 0.717) is 5.69 Å². The number of ether oxygens (including phenoxy) is 1. The number of carbonyl (C=O) groups is 2. The van der Waals surface area contributed by atoms with Crippen LogP contribution in [0.4, 0.5) is 5.69 Å². The van der Waals surface area contributed by atoms with Crippen molar-refractivity contribution in [2.75, 3.05) is 18.1 Å². The summed E-state index contributed by atoms with van der Waals surface area (Å²) in [5.41, 5.74) is 0.431. The smallest absolute Gasteiger partial charge is 0.337 e. The van der Waals surface area contributed by atoms with Crippen LogP contribution < -0.4 is 4.90 Å². The average molecular weight is 249 g/mol. The lowest BCUT2D eigenvalue weighted by Gasteiger charge is -2.37. The van der Waals surface area contributed by atoms with Crippen LogP contribution in [0.25, 0.3) is 0 Å². The third-order valence-corrected chi connectivity index (χ3v) is 3.07. The molecule has 1 aliphatic rings. The van der Waals surface area contributed by atoms with Crippen molar-refractivity contribution in [3.63, 3.8) is 0 Å². The normalized spacial score (nSPS) is 24.1. The van der Waals surface area contributed by atoms with Crippen LogP contribution >= 0.6 is 0 Å². The number of benzene rings is 1. The van der Waals surface area contributed by atoms with E-state index < -0.39 is 11.6 Å². The lowest BCUT2D eigenvalue weighted by Crippen LogP contribution is -2.57. The SMILES string of the molecule is Cc1ccc(N2CC(C)(C(=O)O)OCC2=O)cc1. The number of hydrogen-bond acceptors (Lipinski definition) is 3. The Hall–Kier alpha value is -1.88. The minimum Gasteiger partial charge on any atom is -0.479 e. The number of anilines is 1. The van der Waals surface area contributed by atoms with Crippen LogP contribution in [0.15, 0.2) is 24.3 Å². The molecular weight excluding hydrogens is 234 g/mol. The van der Waals surface area contributed by atoms with Crippen LogP contribution in [-0.2, 0) is 14.3 Å². The van der Waals surface area contributed by atoms with Gasteiger partial charge < -0.3 is 14.7 Å². The zero-order valence-electron chi connectivity index (χ0n) is 10.3. The fourth-order valence-electron chi connectivity index (χ4n) is 1.82. The molecule has 1 aliphatic heterocycles. The number of carboxylic acids is 1. The molecule has 1 unspecified atom stereocenters. The van der Waals surface area contributed by atoms with Crippen molar-refractivity contribution in [3.8, 4) is 0 Å². The minimum absolute atomic E-state index is 0.0181. The number of rotatable bonds is 2. The molecule has 5 heteroatoms. The molecule has 1 heterocycles. The zero-order valence-corrected chi connectivity index (χ0v) is 10.3. The molecule has 1 atom stereocenters. The molecule has 1 saturated heterocycles. The summed E-state index contributed by atoms with van der Waals surface area (Å²) >= 11 is 0. The number of aryl methyl sites for hydroxylation is 1. The van der Waals surface area contributed by atoms with E-state index in [1.165, 1.54) is 11.8 Å². The van der Waals surface area contributed by atoms with Crippen LogP contribution in [0.3, 0.4) is 0 Å². The summed E-state index contributed by atoms with van der Waals surface area (Å²) < 4.78 is 5.12. The maximum atomic E-state index is 11.8. The predicted octanol–water partition coefficient (Wildman–Crippen LogP) is 1.20. The Morgan fingerprint density at radius 1 is 1.39 bits per heavy atom. The number of hydrogen-bond donors (Lipinski definition) is 1. The number of nitrogens with zero attached hydrogens (tertiary/aromatic N) is 1. The van der Waals surface area contributed by atoms with E-state index in [9.17, 15) is 9.59 Å². The number of carbonyl (C=O) groups excluding carboxylic acids is 1. The third-order valence-electron chi connectivity index (χ3n) is 3.07. The molecule has 1 N–H and O–H groups in total. The Balaban J connectivity index is 2.28. The Kier molecular flexibility index (Phi) is 3.09. The van der Waals surface area contributed by atoms with E-state index in [1.807, 2.05) is 19.1 Å². The second-order valence-corrected chi connectivity index (χ2v) is 4.64. The van der Waals surface area contributed by atoms with Crippen molar-refractivity contribution < 1.29 is 19.4 Å². The summed E-state index contributed by atoms with van der Waals surface area (Å²) in [6, 6.07) is 7.38. The zero-order chi connectivity index (χ0) is 13.3. The van der Waals surface area contributed by atoms with Crippen molar-refractivity contribution in [1.29, 1.82) is 0 Å². The van der Waals surface area contributed by atoms with Crippen LogP contribution in [0.5, 0.6) is 0 Å². The molecule has 0 aromatic heterocycles. The third kappa shape index (κ3) is 2.22. The first-order chi connectivity index (χ1) is 8.42. The molecule has 0 spiro atoms. The van der Waals surface area contributed by atoms with E-state index >= 15 is 0 Å². The summed E-state index contributed by atoms with van der Waals surface area (Å²) in [5, 5.41) is 9.13. The molecule has 2 rings (SSSR count). The van der Waals surface area contributed by atoms with Gasteiger partial charge in [0.05, 0.1) is 6.54 Å². The summed E-state index contributed by atoms with van der Waals surface area (Å²) in [6.45, 7) is 3.23. The molecule has 0 radical (unpaired) electrons. The van der Waals surface area contributed by atoms with Gasteiger partial charge in [-0.1, -0.05) is 17.7 Å². The highest BCUT2D eigenvalue weighted by Gasteiger charge is 2.42. The fraction of sp³-hybridized carbons (Fsp3) is 0.385. The highest BCUT2D eigenvalue weighted by molar-refractivity contribution is 5.97. The summed E-state index contributed by atoms with van der Waals surface area (Å²) in [4.78, 5) is 24.4. The van der Waals surface area contributed by atoms with Gasteiger partial charge in [0.1, 0.15) is 6.61 Å². The van der Waals surface area contributed by atoms with Crippen LogP contribution in [-0.4, -0.2) is 35.7 Å². The van der Waals surface area contributed by atoms with Crippen molar-refractivity contribution >= 4 is 17.6 Å². The van der Waals surface area contributed by atoms with E-state index in [-0.39, 0.29) is 19.1 Å². The number of carboxylic acid groups (broad SMARTS) is 1. The van der Waals surface area contributed by atoms with E-state index in [4.69, 9.17) is 9.84 Å². The molecule has 0 saturated carbocycles. The molecule has 0 bridgehead atoms. The lowest BCUT2D eigenvalue weighted by molar-refractivity contribution is -0.168. The average Bonchev–Trinajstić information content (AvgIpc) is 2.33. The largest absolute Gasteiger partial charge is 0.479 e. The minimum atomic E-state index is -1.35. The van der Waals surface area contributed by atoms with E-state index in [2.05, 4.69) is 0 Å². The topological polar surface area (TPSA) is 66.8 Å². The van der Waals surface area contributed by atoms with Crippen LogP contribution in [0.1, 0.15) is 12.5 Å². The highest BCUT2D eigenvalue weighted by Crippen LogP contribution is 2.24. The van der Waals surface area contributed by atoms with Gasteiger partial charge in [0, 0.05) is 5.69 Å². The molecule has 1 amide bonds. The molecule has 96 valence electrons. The molecule has 18 heavy (non-hydrogen) atoms. The molecule has 1 aromatic carbocycles. The number of morpholine rings is 1. The van der Waals surface area contributed by atoms with Gasteiger partial charge in [0.15, 0.2) is 5.60 Å². The standard InChI is InChI=1S/C13H15NO4/c1-9-3-5-10(6-4-9)14-8-13(2,12(16)17)18-7-11(14)15/h3-6H,7-8H2,1-2H3,(H,16,17). The van der Waals surface area contributed by atoms with Gasteiger partial charge in [0.25, 0.3) is 5.91 Å². The summed E-state index contributed by atoms with van der Waals surface area (Å²) in [7, 11) is 0. The molecule has 1 aromatic rings. The Morgan fingerprint density at radius 2 is 2.00 bits per heavy atom. The molecule has 0 aliphatic carbocycles. The second-order valence-electron chi connectivity index (χ2n) is 4.64. The van der Waals surface area contributed by atoms with Gasteiger partial charge in [0.2, 0.25) is 0 Å². The first-order valence-corrected chi connectivity index (χ1v) is 5.67. The molecular formula is C13H15NO4. The number of amides is 1. The van der Waals surface area contributed by atoms with Gasteiger partial charge in [-0.25, -0.2) is 4.79 Å². The van der Waals surface area contributed by atoms with Crippen LogP contribution in [0.2, 0.25) is 0 Å². The van der Waals surface area contributed by atoms with Gasteiger partial charge in [-0.3, -0.25) is 4.79 Å². The van der Waals surface area contributed by atoms with Crippen molar-refractivity contribution in [2.45, 2.75) is 19.4 Å². The van der Waals surface area contributed by atoms with Crippen molar-refractivity contribution in [1.82, 2.24) is 0 Å². The van der Waals surface area contributed by atoms with E-state index in [1.54, 1.807) is 12.1 Å². The second kappa shape index (κ2) is 4.42. The maximum Gasteiger partial charge on any atom is 0.337 e. The Labute approximate surface area is 105 Å². The van der Waals surface area contributed by atoms with E-state index in [0.717, 1.165) is 5.56 Å². The Bertz CT molecular complexity index is 482. The number of aliphatic carboxylic acids is 1. The summed E-state index contributed by atoms with van der Waals surface area (Å²) in [6.07, 6.45) is 0. The predicted molar refractivity (Wildman–Crippen MR) is 65.5 cm³/mol. The Morgan fingerprint density at radius 3 is 2.56 bits per heavy atom. The van der Waals surface area contributed by atoms with Crippen molar-refractivity contribution in [2.24, 2.45) is 0 Å². The van der Waals surface area contributed by atoms with Gasteiger partial charge >= 0.3 is 5.97 Å². The maximum absolute atomic E-state index is 11.8. The van der Waals surface area contributed by atoms with Gasteiger partial charge in [-0.2, -0.15) is 0 Å². The summed E-state index contributed by atoms with van der Waals surface area (Å²) in [5.74, 6) is -1.29. The van der Waals surface area contributed by atoms with Crippen LogP contribution in [0, 0.1) is 6.92 Å². The highest BCUT2D eigenvalue weighted by atomic mass is 16.5. The first-order valence-electron chi connectivity index (χ1n) is 5.67. The first kappa shape index (κ1) is 12.6. The van der Waals surface area contributed by atoms with Gasteiger partial charge in [-0.15, -0.1) is 0 Å².